The number of carbonyl (C=O) groups is 2. The molecule has 7 nitrogen and oxygen atoms in total. The van der Waals surface area contributed by atoms with Crippen molar-refractivity contribution < 1.29 is 19.8 Å². The molecule has 0 saturated carbocycles. The topological polar surface area (TPSA) is 111 Å². The summed E-state index contributed by atoms with van der Waals surface area (Å²) in [6, 6.07) is 7.54. The van der Waals surface area contributed by atoms with Gasteiger partial charge in [0, 0.05) is 35.3 Å². The Bertz CT molecular complexity index is 933. The molecule has 1 aromatic heterocycles. The molecule has 1 aromatic carbocycles. The lowest BCUT2D eigenvalue weighted by Gasteiger charge is -2.39. The van der Waals surface area contributed by atoms with Crippen molar-refractivity contribution >= 4 is 40.7 Å². The highest BCUT2D eigenvalue weighted by atomic mass is 32.2. The largest absolute Gasteiger partial charge is 0.481 e. The number of anilines is 1. The Morgan fingerprint density at radius 1 is 1.21 bits per heavy atom. The van der Waals surface area contributed by atoms with E-state index in [0.717, 1.165) is 30.1 Å². The van der Waals surface area contributed by atoms with Gasteiger partial charge in [-0.2, -0.15) is 0 Å². The molecule has 9 heteroatoms. The summed E-state index contributed by atoms with van der Waals surface area (Å²) in [5.41, 5.74) is 0.197. The molecule has 1 aliphatic rings. The summed E-state index contributed by atoms with van der Waals surface area (Å²) in [6.07, 6.45) is -0.511. The normalized spacial score (nSPS) is 21.1. The number of nitrogens with zero attached hydrogens (tertiary/aromatic N) is 1. The highest BCUT2D eigenvalue weighted by Gasteiger charge is 2.53. The van der Waals surface area contributed by atoms with Crippen molar-refractivity contribution in [2.24, 2.45) is 5.41 Å². The van der Waals surface area contributed by atoms with E-state index in [1.54, 1.807) is 0 Å². The first-order chi connectivity index (χ1) is 13.3. The summed E-state index contributed by atoms with van der Waals surface area (Å²) in [6.45, 7) is 5.80. The number of H-pyrrole nitrogens is 1. The van der Waals surface area contributed by atoms with Crippen molar-refractivity contribution in [3.63, 3.8) is 0 Å². The number of nitrogens with one attached hydrogen (secondary N) is 1. The summed E-state index contributed by atoms with van der Waals surface area (Å²) in [5, 5.41) is 20.1. The van der Waals surface area contributed by atoms with Gasteiger partial charge in [0.25, 0.3) is 0 Å². The number of thioether (sulfide) groups is 1. The number of benzene rings is 1. The van der Waals surface area contributed by atoms with Crippen LogP contribution in [0.3, 0.4) is 0 Å². The molecular formula is C19H22N2O5S2. The van der Waals surface area contributed by atoms with Crippen LogP contribution in [-0.4, -0.2) is 46.0 Å². The van der Waals surface area contributed by atoms with Gasteiger partial charge in [-0.1, -0.05) is 23.5 Å². The molecule has 2 aromatic rings. The van der Waals surface area contributed by atoms with Crippen LogP contribution in [0.4, 0.5) is 5.69 Å². The molecule has 1 aliphatic heterocycles. The van der Waals surface area contributed by atoms with E-state index in [2.05, 4.69) is 23.7 Å². The lowest BCUT2D eigenvalue weighted by atomic mass is 9.70. The Balaban J connectivity index is 2.15. The van der Waals surface area contributed by atoms with Gasteiger partial charge in [-0.3, -0.25) is 14.4 Å². The van der Waals surface area contributed by atoms with E-state index >= 15 is 0 Å². The predicted molar refractivity (Wildman–Crippen MR) is 110 cm³/mol. The van der Waals surface area contributed by atoms with E-state index in [4.69, 9.17) is 0 Å². The summed E-state index contributed by atoms with van der Waals surface area (Å²) < 4.78 is 0. The van der Waals surface area contributed by atoms with Gasteiger partial charge in [-0.25, -0.2) is 0 Å². The number of carboxylic acids is 2. The lowest BCUT2D eigenvalue weighted by molar-refractivity contribution is -0.155. The average Bonchev–Trinajstić information content (AvgIpc) is 3.02. The molecule has 0 amide bonds. The van der Waals surface area contributed by atoms with Crippen LogP contribution in [-0.2, 0) is 9.59 Å². The number of thiazole rings is 1. The molecular weight excluding hydrogens is 400 g/mol. The van der Waals surface area contributed by atoms with Crippen LogP contribution in [0.25, 0.3) is 0 Å². The smallest absolute Gasteiger partial charge is 0.312 e. The first-order valence-electron chi connectivity index (χ1n) is 8.98. The van der Waals surface area contributed by atoms with Crippen LogP contribution >= 0.6 is 23.1 Å². The summed E-state index contributed by atoms with van der Waals surface area (Å²) in [4.78, 5) is 41.0. The zero-order valence-corrected chi connectivity index (χ0v) is 17.2. The van der Waals surface area contributed by atoms with Gasteiger partial charge in [0.05, 0.1) is 16.9 Å². The molecule has 2 heterocycles. The van der Waals surface area contributed by atoms with Gasteiger partial charge in [-0.15, -0.1) is 11.8 Å². The third kappa shape index (κ3) is 3.56. The number of hydrogen-bond donors (Lipinski definition) is 3. The number of rotatable bonds is 7. The fourth-order valence-electron chi connectivity index (χ4n) is 3.78. The Morgan fingerprint density at radius 2 is 1.86 bits per heavy atom. The van der Waals surface area contributed by atoms with Gasteiger partial charge < -0.3 is 20.1 Å². The fraction of sp³-hybridized carbons (Fsp3) is 0.421. The molecule has 2 atom stereocenters. The van der Waals surface area contributed by atoms with Crippen LogP contribution in [0, 0.1) is 5.41 Å². The van der Waals surface area contributed by atoms with Gasteiger partial charge in [0.1, 0.15) is 0 Å². The first kappa shape index (κ1) is 20.5. The third-order valence-corrected chi connectivity index (χ3v) is 7.53. The number of aliphatic carboxylic acids is 2. The Labute approximate surface area is 170 Å². The standard InChI is InChI=1S/C19H22N2O5S2/c1-3-21(4-2)12-7-5-11(6-8-12)14-15-16(20-18(26)28-15)27-10-19(14,17(24)25)9-13(22)23/h5-8,14H,3-4,9-10H2,1-2H3,(H,20,26)(H,22,23)(H,24,25)/t14-,19+/m1/s1. The van der Waals surface area contributed by atoms with Gasteiger partial charge in [0.2, 0.25) is 0 Å². The second-order valence-electron chi connectivity index (χ2n) is 6.73. The Kier molecular flexibility index (Phi) is 5.85. The van der Waals surface area contributed by atoms with Gasteiger partial charge in [-0.05, 0) is 31.5 Å². The van der Waals surface area contributed by atoms with Crippen molar-refractivity contribution in [3.8, 4) is 0 Å². The second-order valence-corrected chi connectivity index (χ2v) is 8.73. The van der Waals surface area contributed by atoms with E-state index in [-0.39, 0.29) is 10.6 Å². The van der Waals surface area contributed by atoms with Crippen molar-refractivity contribution in [3.05, 3.63) is 44.4 Å². The number of carboxylic acid groups (broad SMARTS) is 2. The van der Waals surface area contributed by atoms with E-state index in [9.17, 15) is 24.6 Å². The summed E-state index contributed by atoms with van der Waals surface area (Å²) in [7, 11) is 0. The fourth-order valence-corrected chi connectivity index (χ4v) is 6.34. The second kappa shape index (κ2) is 8.00. The maximum atomic E-state index is 12.3. The first-order valence-corrected chi connectivity index (χ1v) is 10.8. The maximum absolute atomic E-state index is 12.3. The quantitative estimate of drug-likeness (QED) is 0.629. The molecule has 0 radical (unpaired) electrons. The van der Waals surface area contributed by atoms with Crippen molar-refractivity contribution in [2.75, 3.05) is 23.7 Å². The molecule has 0 saturated heterocycles. The molecule has 0 bridgehead atoms. The number of fused-ring (bicyclic) bond motifs is 1. The summed E-state index contributed by atoms with van der Waals surface area (Å²) >= 11 is 2.16. The SMILES string of the molecule is CCN(CC)c1ccc([C@@H]2c3sc(=O)[nH]c3SC[C@]2(CC(=O)O)C(=O)O)cc1. The van der Waals surface area contributed by atoms with Crippen molar-refractivity contribution in [2.45, 2.75) is 31.2 Å². The zero-order valence-electron chi connectivity index (χ0n) is 15.6. The average molecular weight is 423 g/mol. The zero-order chi connectivity index (χ0) is 20.5. The maximum Gasteiger partial charge on any atom is 0.312 e. The van der Waals surface area contributed by atoms with Crippen LogP contribution < -0.4 is 9.77 Å². The lowest BCUT2D eigenvalue weighted by Crippen LogP contribution is -2.44. The highest BCUT2D eigenvalue weighted by molar-refractivity contribution is 7.99. The van der Waals surface area contributed by atoms with Crippen LogP contribution in [0.1, 0.15) is 36.6 Å². The van der Waals surface area contributed by atoms with Crippen LogP contribution in [0.5, 0.6) is 0 Å². The minimum Gasteiger partial charge on any atom is -0.481 e. The molecule has 150 valence electrons. The predicted octanol–water partition coefficient (Wildman–Crippen LogP) is 3.07. The van der Waals surface area contributed by atoms with Crippen LogP contribution in [0.15, 0.2) is 34.1 Å². The molecule has 0 aliphatic carbocycles. The van der Waals surface area contributed by atoms with Gasteiger partial charge in [0.15, 0.2) is 0 Å². The minimum absolute atomic E-state index is 0.0801. The Morgan fingerprint density at radius 3 is 2.39 bits per heavy atom. The molecule has 28 heavy (non-hydrogen) atoms. The molecule has 0 unspecified atom stereocenters. The molecule has 0 fully saturated rings. The molecule has 0 spiro atoms. The van der Waals surface area contributed by atoms with Crippen LogP contribution in [0.2, 0.25) is 0 Å². The third-order valence-electron chi connectivity index (χ3n) is 5.18. The number of hydrogen-bond acceptors (Lipinski definition) is 6. The molecule has 3 N–H and O–H groups in total. The number of aromatic amines is 1. The van der Waals surface area contributed by atoms with Crippen molar-refractivity contribution in [1.82, 2.24) is 4.98 Å². The van der Waals surface area contributed by atoms with Gasteiger partial charge >= 0.3 is 16.8 Å². The highest BCUT2D eigenvalue weighted by Crippen LogP contribution is 2.54. The van der Waals surface area contributed by atoms with E-state index < -0.39 is 29.7 Å². The Hall–Kier alpha value is -2.26. The van der Waals surface area contributed by atoms with E-state index in [0.29, 0.717) is 15.5 Å². The monoisotopic (exact) mass is 422 g/mol. The number of aromatic nitrogens is 1. The minimum atomic E-state index is -1.52. The van der Waals surface area contributed by atoms with Crippen molar-refractivity contribution in [1.29, 1.82) is 0 Å². The van der Waals surface area contributed by atoms with E-state index in [1.165, 1.54) is 11.8 Å². The molecule has 3 rings (SSSR count). The van der Waals surface area contributed by atoms with E-state index in [1.807, 2.05) is 24.3 Å². The summed E-state index contributed by atoms with van der Waals surface area (Å²) in [5.74, 6) is -2.95.